The third-order valence-electron chi connectivity index (χ3n) is 7.55. The number of Topliss-reactive ketones (excluding diaryl/α,β-unsaturated/α-hetero) is 1. The smallest absolute Gasteiger partial charge is 0.295 e. The lowest BCUT2D eigenvalue weighted by Gasteiger charge is -2.26. The van der Waals surface area contributed by atoms with E-state index in [1.807, 2.05) is 43.3 Å². The number of fused-ring (bicyclic) bond motifs is 1. The van der Waals surface area contributed by atoms with Crippen LogP contribution in [-0.4, -0.2) is 39.9 Å². The fourth-order valence-corrected chi connectivity index (χ4v) is 5.51. The molecule has 8 heteroatoms. The fourth-order valence-electron chi connectivity index (χ4n) is 5.51. The van der Waals surface area contributed by atoms with E-state index in [1.165, 1.54) is 12.0 Å². The number of nitrogens with zero attached hydrogens (tertiary/aromatic N) is 2. The molecule has 1 N–H and O–H groups in total. The van der Waals surface area contributed by atoms with Crippen molar-refractivity contribution in [3.63, 3.8) is 0 Å². The zero-order chi connectivity index (χ0) is 29.2. The van der Waals surface area contributed by atoms with E-state index in [2.05, 4.69) is 4.98 Å². The highest BCUT2D eigenvalue weighted by molar-refractivity contribution is 6.46. The van der Waals surface area contributed by atoms with E-state index in [-0.39, 0.29) is 24.0 Å². The summed E-state index contributed by atoms with van der Waals surface area (Å²) >= 11 is 0. The van der Waals surface area contributed by atoms with Crippen molar-refractivity contribution in [1.29, 1.82) is 0 Å². The van der Waals surface area contributed by atoms with E-state index in [9.17, 15) is 14.7 Å². The summed E-state index contributed by atoms with van der Waals surface area (Å²) in [6.45, 7) is 2.47. The van der Waals surface area contributed by atoms with Crippen molar-refractivity contribution < 1.29 is 28.9 Å². The van der Waals surface area contributed by atoms with Gasteiger partial charge in [0.25, 0.3) is 11.7 Å². The number of carbonyl (C=O) groups is 2. The number of likely N-dealkylation sites (tertiary alicyclic amines) is 1. The lowest BCUT2D eigenvalue weighted by molar-refractivity contribution is -0.140. The average Bonchev–Trinajstić information content (AvgIpc) is 3.51. The number of aromatic nitrogens is 1. The maximum atomic E-state index is 13.6. The van der Waals surface area contributed by atoms with Gasteiger partial charge in [-0.1, -0.05) is 36.4 Å². The van der Waals surface area contributed by atoms with E-state index >= 15 is 0 Å². The molecular weight excluding hydrogens is 532 g/mol. The highest BCUT2D eigenvalue weighted by atomic mass is 16.5. The molecule has 0 aliphatic carbocycles. The van der Waals surface area contributed by atoms with Gasteiger partial charge in [0.15, 0.2) is 11.5 Å². The van der Waals surface area contributed by atoms with Gasteiger partial charge in [0.1, 0.15) is 24.2 Å². The Morgan fingerprint density at radius 3 is 2.52 bits per heavy atom. The molecule has 0 saturated carbocycles. The van der Waals surface area contributed by atoms with E-state index in [0.717, 1.165) is 22.4 Å². The van der Waals surface area contributed by atoms with Crippen molar-refractivity contribution in [3.05, 3.63) is 125 Å². The van der Waals surface area contributed by atoms with Crippen LogP contribution >= 0.6 is 0 Å². The minimum atomic E-state index is -0.862. The second-order valence-electron chi connectivity index (χ2n) is 10.4. The normalized spacial score (nSPS) is 19.0. The third kappa shape index (κ3) is 5.19. The molecule has 0 bridgehead atoms. The highest BCUT2D eigenvalue weighted by Gasteiger charge is 2.46. The predicted octanol–water partition coefficient (Wildman–Crippen LogP) is 5.61. The molecule has 3 heterocycles. The summed E-state index contributed by atoms with van der Waals surface area (Å²) in [5.41, 5.74) is 3.82. The molecule has 8 nitrogen and oxygen atoms in total. The summed E-state index contributed by atoms with van der Waals surface area (Å²) < 4.78 is 17.5. The zero-order valence-corrected chi connectivity index (χ0v) is 23.3. The summed E-state index contributed by atoms with van der Waals surface area (Å²) in [5.74, 6) is 0.0382. The minimum Gasteiger partial charge on any atom is -0.507 e. The van der Waals surface area contributed by atoms with Gasteiger partial charge in [0.05, 0.1) is 18.7 Å². The Morgan fingerprint density at radius 2 is 1.76 bits per heavy atom. The molecule has 0 spiro atoms. The zero-order valence-electron chi connectivity index (χ0n) is 23.3. The number of pyridine rings is 1. The Labute approximate surface area is 243 Å². The highest BCUT2D eigenvalue weighted by Crippen LogP contribution is 2.43. The van der Waals surface area contributed by atoms with Crippen molar-refractivity contribution in [3.8, 4) is 17.2 Å². The molecule has 1 amide bonds. The second-order valence-corrected chi connectivity index (χ2v) is 10.4. The largest absolute Gasteiger partial charge is 0.507 e. The number of ether oxygens (including phenoxy) is 3. The standard InChI is InChI=1S/C34H30N2O6/c1-21-16-26-17-25(9-10-27(26)42-21)32(37)30-31(36(34(39)33(30)38)19-22-12-14-35-15-13-22)24-8-11-28(29(18-24)40-2)41-20-23-6-4-3-5-7-23/h3-15,17-18,21,31,37H,16,19-20H2,1-2H3/t21-,31-/m1/s1. The molecule has 2 aliphatic heterocycles. The number of aliphatic hydroxyl groups is 1. The molecule has 3 aromatic carbocycles. The number of amides is 1. The van der Waals surface area contributed by atoms with Gasteiger partial charge in [0.2, 0.25) is 0 Å². The maximum Gasteiger partial charge on any atom is 0.295 e. The van der Waals surface area contributed by atoms with Crippen LogP contribution in [-0.2, 0) is 29.2 Å². The Hall–Kier alpha value is -5.11. The number of rotatable bonds is 8. The van der Waals surface area contributed by atoms with Gasteiger partial charge in [-0.25, -0.2) is 0 Å². The maximum absolute atomic E-state index is 13.6. The summed E-state index contributed by atoms with van der Waals surface area (Å²) in [5, 5.41) is 11.6. The molecule has 1 fully saturated rings. The average molecular weight is 563 g/mol. The van der Waals surface area contributed by atoms with Crippen LogP contribution < -0.4 is 14.2 Å². The predicted molar refractivity (Wildman–Crippen MR) is 156 cm³/mol. The number of ketones is 1. The number of methoxy groups -OCH3 is 1. The summed E-state index contributed by atoms with van der Waals surface area (Å²) in [6.07, 6.45) is 3.99. The van der Waals surface area contributed by atoms with Crippen LogP contribution in [0, 0.1) is 0 Å². The summed E-state index contributed by atoms with van der Waals surface area (Å²) in [4.78, 5) is 32.6. The Morgan fingerprint density at radius 1 is 0.976 bits per heavy atom. The molecule has 4 aromatic rings. The number of benzene rings is 3. The van der Waals surface area contributed by atoms with Crippen molar-refractivity contribution in [2.24, 2.45) is 0 Å². The third-order valence-corrected chi connectivity index (χ3v) is 7.55. The van der Waals surface area contributed by atoms with Gasteiger partial charge in [-0.15, -0.1) is 0 Å². The van der Waals surface area contributed by atoms with Crippen LogP contribution in [0.15, 0.2) is 96.8 Å². The molecule has 6 rings (SSSR count). The van der Waals surface area contributed by atoms with Crippen molar-refractivity contribution in [1.82, 2.24) is 9.88 Å². The van der Waals surface area contributed by atoms with Crippen molar-refractivity contribution in [2.45, 2.75) is 38.6 Å². The van der Waals surface area contributed by atoms with Gasteiger partial charge >= 0.3 is 0 Å². The van der Waals surface area contributed by atoms with E-state index in [0.29, 0.717) is 35.7 Å². The van der Waals surface area contributed by atoms with Crippen LogP contribution in [0.4, 0.5) is 0 Å². The van der Waals surface area contributed by atoms with Gasteiger partial charge in [-0.3, -0.25) is 14.6 Å². The first kappa shape index (κ1) is 27.1. The lowest BCUT2D eigenvalue weighted by atomic mass is 9.94. The molecule has 0 radical (unpaired) electrons. The van der Waals surface area contributed by atoms with Gasteiger partial charge in [-0.05, 0) is 71.6 Å². The van der Waals surface area contributed by atoms with E-state index in [1.54, 1.807) is 54.9 Å². The van der Waals surface area contributed by atoms with Crippen LogP contribution in [0.1, 0.15) is 40.8 Å². The monoisotopic (exact) mass is 562 g/mol. The SMILES string of the molecule is COc1cc([C@@H]2C(=C(O)c3ccc4c(c3)C[C@@H](C)O4)C(=O)C(=O)N2Cc2ccncc2)ccc1OCc1ccccc1. The molecule has 0 unspecified atom stereocenters. The number of hydrogen-bond acceptors (Lipinski definition) is 7. The van der Waals surface area contributed by atoms with Gasteiger partial charge in [-0.2, -0.15) is 0 Å². The molecular formula is C34H30N2O6. The van der Waals surface area contributed by atoms with E-state index < -0.39 is 17.7 Å². The first-order valence-electron chi connectivity index (χ1n) is 13.7. The summed E-state index contributed by atoms with van der Waals surface area (Å²) in [6, 6.07) is 23.1. The topological polar surface area (TPSA) is 98.2 Å². The molecule has 1 aromatic heterocycles. The van der Waals surface area contributed by atoms with Crippen LogP contribution in [0.2, 0.25) is 0 Å². The first-order chi connectivity index (χ1) is 20.4. The number of carbonyl (C=O) groups excluding carboxylic acids is 2. The van der Waals surface area contributed by atoms with Crippen LogP contribution in [0.3, 0.4) is 0 Å². The molecule has 42 heavy (non-hydrogen) atoms. The van der Waals surface area contributed by atoms with E-state index in [4.69, 9.17) is 14.2 Å². The first-order valence-corrected chi connectivity index (χ1v) is 13.7. The minimum absolute atomic E-state index is 0.0148. The quantitative estimate of drug-likeness (QED) is 0.169. The summed E-state index contributed by atoms with van der Waals surface area (Å²) in [7, 11) is 1.54. The Bertz CT molecular complexity index is 1670. The molecule has 212 valence electrons. The Balaban J connectivity index is 1.41. The Kier molecular flexibility index (Phi) is 7.35. The molecule has 2 aliphatic rings. The van der Waals surface area contributed by atoms with Crippen LogP contribution in [0.5, 0.6) is 17.2 Å². The van der Waals surface area contributed by atoms with Crippen molar-refractivity contribution in [2.75, 3.05) is 7.11 Å². The molecule has 1 saturated heterocycles. The van der Waals surface area contributed by atoms with Gasteiger partial charge < -0.3 is 24.2 Å². The van der Waals surface area contributed by atoms with Crippen LogP contribution in [0.25, 0.3) is 5.76 Å². The van der Waals surface area contributed by atoms with Gasteiger partial charge in [0, 0.05) is 30.9 Å². The lowest BCUT2D eigenvalue weighted by Crippen LogP contribution is -2.29. The fraction of sp³-hybridized carbons (Fsp3) is 0.206. The number of hydrogen-bond donors (Lipinski definition) is 1. The number of aliphatic hydroxyl groups excluding tert-OH is 1. The van der Waals surface area contributed by atoms with Crippen molar-refractivity contribution >= 4 is 17.4 Å². The molecule has 2 atom stereocenters. The second kappa shape index (κ2) is 11.4.